The Labute approximate surface area is 135 Å². The molecule has 2 rings (SSSR count). The van der Waals surface area contributed by atoms with Crippen LogP contribution in [0.5, 0.6) is 11.5 Å². The molecule has 0 aromatic heterocycles. The number of ether oxygens (including phenoxy) is 3. The van der Waals surface area contributed by atoms with Gasteiger partial charge in [-0.1, -0.05) is 30.8 Å². The molecule has 2 aromatic rings. The summed E-state index contributed by atoms with van der Waals surface area (Å²) in [6, 6.07) is 11.3. The lowest BCUT2D eigenvalue weighted by molar-refractivity contribution is -0.142. The Balaban J connectivity index is 2.02. The second kappa shape index (κ2) is 7.65. The third kappa shape index (κ3) is 4.23. The fourth-order valence-corrected chi connectivity index (χ4v) is 2.08. The van der Waals surface area contributed by atoms with Crippen LogP contribution in [0.2, 0.25) is 0 Å². The number of hydrogen-bond acceptors (Lipinski definition) is 5. The maximum Gasteiger partial charge on any atom is 0.333 e. The van der Waals surface area contributed by atoms with Gasteiger partial charge in [0.2, 0.25) is 0 Å². The Kier molecular flexibility index (Phi) is 5.60. The smallest absolute Gasteiger partial charge is 0.333 e. The molecule has 0 heterocycles. The lowest BCUT2D eigenvalue weighted by atomic mass is 10.1. The average molecular weight is 316 g/mol. The molecule has 1 unspecified atom stereocenters. The van der Waals surface area contributed by atoms with Crippen LogP contribution in [0.3, 0.4) is 0 Å². The zero-order valence-electron chi connectivity index (χ0n) is 13.2. The molecule has 0 amide bonds. The average Bonchev–Trinajstić information content (AvgIpc) is 2.57. The van der Waals surface area contributed by atoms with Crippen LogP contribution in [0.25, 0.3) is 10.8 Å². The van der Waals surface area contributed by atoms with Crippen molar-refractivity contribution < 1.29 is 24.1 Å². The summed E-state index contributed by atoms with van der Waals surface area (Å²) in [5.74, 6) is 0.856. The van der Waals surface area contributed by atoms with Gasteiger partial charge in [-0.15, -0.1) is 0 Å². The van der Waals surface area contributed by atoms with Crippen molar-refractivity contribution in [1.82, 2.24) is 0 Å². The SMILES string of the molecule is C=C(C)C(=O)OCC(O)COc1ccc(OC)c2ccccc12. The molecular formula is C18H20O5. The van der Waals surface area contributed by atoms with E-state index in [1.165, 1.54) is 0 Å². The van der Waals surface area contributed by atoms with E-state index >= 15 is 0 Å². The standard InChI is InChI=1S/C18H20O5/c1-12(2)18(20)23-11-13(19)10-22-17-9-8-16(21-3)14-6-4-5-7-15(14)17/h4-9,13,19H,1,10-11H2,2-3H3. The van der Waals surface area contributed by atoms with Crippen LogP contribution in [0, 0.1) is 0 Å². The molecule has 0 fully saturated rings. The summed E-state index contributed by atoms with van der Waals surface area (Å²) >= 11 is 0. The Morgan fingerprint density at radius 3 is 2.35 bits per heavy atom. The maximum atomic E-state index is 11.3. The van der Waals surface area contributed by atoms with Gasteiger partial charge in [0.05, 0.1) is 7.11 Å². The number of methoxy groups -OCH3 is 1. The van der Waals surface area contributed by atoms with Gasteiger partial charge in [0.15, 0.2) is 0 Å². The van der Waals surface area contributed by atoms with E-state index in [4.69, 9.17) is 14.2 Å². The highest BCUT2D eigenvalue weighted by atomic mass is 16.5. The van der Waals surface area contributed by atoms with E-state index in [0.29, 0.717) is 11.3 Å². The van der Waals surface area contributed by atoms with E-state index in [1.54, 1.807) is 20.1 Å². The van der Waals surface area contributed by atoms with Crippen molar-refractivity contribution in [3.63, 3.8) is 0 Å². The van der Waals surface area contributed by atoms with Gasteiger partial charge in [-0.3, -0.25) is 0 Å². The fraction of sp³-hybridized carbons (Fsp3) is 0.278. The summed E-state index contributed by atoms with van der Waals surface area (Å²) in [5, 5.41) is 11.7. The summed E-state index contributed by atoms with van der Waals surface area (Å²) in [6.07, 6.45) is -0.917. The topological polar surface area (TPSA) is 65.0 Å². The summed E-state index contributed by atoms with van der Waals surface area (Å²) in [4.78, 5) is 11.3. The van der Waals surface area contributed by atoms with Gasteiger partial charge in [0.25, 0.3) is 0 Å². The fourth-order valence-electron chi connectivity index (χ4n) is 2.08. The minimum Gasteiger partial charge on any atom is -0.496 e. The van der Waals surface area contributed by atoms with E-state index in [9.17, 15) is 9.90 Å². The largest absolute Gasteiger partial charge is 0.496 e. The van der Waals surface area contributed by atoms with Crippen molar-refractivity contribution >= 4 is 16.7 Å². The molecule has 0 saturated carbocycles. The Morgan fingerprint density at radius 2 is 1.74 bits per heavy atom. The second-order valence-corrected chi connectivity index (χ2v) is 5.16. The highest BCUT2D eigenvalue weighted by Crippen LogP contribution is 2.32. The molecule has 0 saturated heterocycles. The van der Waals surface area contributed by atoms with Crippen molar-refractivity contribution in [2.45, 2.75) is 13.0 Å². The number of hydrogen-bond donors (Lipinski definition) is 1. The first kappa shape index (κ1) is 16.8. The zero-order valence-corrected chi connectivity index (χ0v) is 13.2. The molecule has 0 bridgehead atoms. The number of aliphatic hydroxyl groups is 1. The molecule has 0 aliphatic carbocycles. The highest BCUT2D eigenvalue weighted by Gasteiger charge is 2.12. The second-order valence-electron chi connectivity index (χ2n) is 5.16. The molecule has 5 heteroatoms. The number of esters is 1. The normalized spacial score (nSPS) is 11.8. The number of fused-ring (bicyclic) bond motifs is 1. The highest BCUT2D eigenvalue weighted by molar-refractivity contribution is 5.93. The number of aliphatic hydroxyl groups excluding tert-OH is 1. The summed E-state index contributed by atoms with van der Waals surface area (Å²) in [5.41, 5.74) is 0.291. The van der Waals surface area contributed by atoms with Gasteiger partial charge in [-0.25, -0.2) is 4.79 Å². The van der Waals surface area contributed by atoms with Gasteiger partial charge in [-0.05, 0) is 19.1 Å². The zero-order chi connectivity index (χ0) is 16.8. The van der Waals surface area contributed by atoms with Crippen molar-refractivity contribution in [1.29, 1.82) is 0 Å². The molecule has 1 N–H and O–H groups in total. The predicted molar refractivity (Wildman–Crippen MR) is 87.8 cm³/mol. The van der Waals surface area contributed by atoms with Crippen LogP contribution >= 0.6 is 0 Å². The van der Waals surface area contributed by atoms with Crippen LogP contribution in [0.15, 0.2) is 48.6 Å². The Morgan fingerprint density at radius 1 is 1.13 bits per heavy atom. The van der Waals surface area contributed by atoms with E-state index < -0.39 is 12.1 Å². The van der Waals surface area contributed by atoms with Gasteiger partial charge in [0, 0.05) is 16.3 Å². The van der Waals surface area contributed by atoms with E-state index in [-0.39, 0.29) is 13.2 Å². The quantitative estimate of drug-likeness (QED) is 0.628. The lowest BCUT2D eigenvalue weighted by Gasteiger charge is -2.15. The van der Waals surface area contributed by atoms with Gasteiger partial charge in [-0.2, -0.15) is 0 Å². The van der Waals surface area contributed by atoms with Crippen molar-refractivity contribution in [2.75, 3.05) is 20.3 Å². The van der Waals surface area contributed by atoms with Crippen molar-refractivity contribution in [3.8, 4) is 11.5 Å². The molecule has 2 aromatic carbocycles. The Bertz CT molecular complexity index is 708. The minimum atomic E-state index is -0.917. The van der Waals surface area contributed by atoms with Crippen LogP contribution in [-0.4, -0.2) is 37.5 Å². The van der Waals surface area contributed by atoms with Crippen LogP contribution in [0.4, 0.5) is 0 Å². The van der Waals surface area contributed by atoms with Crippen LogP contribution < -0.4 is 9.47 Å². The number of benzene rings is 2. The van der Waals surface area contributed by atoms with E-state index in [1.807, 2.05) is 30.3 Å². The number of carbonyl (C=O) groups is 1. The third-order valence-corrected chi connectivity index (χ3v) is 3.25. The summed E-state index contributed by atoms with van der Waals surface area (Å²) in [7, 11) is 1.61. The van der Waals surface area contributed by atoms with Crippen molar-refractivity contribution in [3.05, 3.63) is 48.6 Å². The molecule has 0 aliphatic rings. The van der Waals surface area contributed by atoms with Gasteiger partial charge < -0.3 is 19.3 Å². The van der Waals surface area contributed by atoms with Crippen LogP contribution in [-0.2, 0) is 9.53 Å². The molecule has 5 nitrogen and oxygen atoms in total. The molecule has 0 aliphatic heterocycles. The van der Waals surface area contributed by atoms with Gasteiger partial charge >= 0.3 is 5.97 Å². The molecular weight excluding hydrogens is 296 g/mol. The lowest BCUT2D eigenvalue weighted by Crippen LogP contribution is -2.25. The molecule has 122 valence electrons. The third-order valence-electron chi connectivity index (χ3n) is 3.25. The molecule has 1 atom stereocenters. The first-order chi connectivity index (χ1) is 11.0. The first-order valence-corrected chi connectivity index (χ1v) is 7.22. The summed E-state index contributed by atoms with van der Waals surface area (Å²) in [6.45, 7) is 4.90. The van der Waals surface area contributed by atoms with Crippen molar-refractivity contribution in [2.24, 2.45) is 0 Å². The van der Waals surface area contributed by atoms with Gasteiger partial charge in [0.1, 0.15) is 30.8 Å². The molecule has 0 radical (unpaired) electrons. The summed E-state index contributed by atoms with van der Waals surface area (Å²) < 4.78 is 15.9. The number of carbonyl (C=O) groups excluding carboxylic acids is 1. The monoisotopic (exact) mass is 316 g/mol. The first-order valence-electron chi connectivity index (χ1n) is 7.22. The number of rotatable bonds is 7. The Hall–Kier alpha value is -2.53. The maximum absolute atomic E-state index is 11.3. The molecule has 23 heavy (non-hydrogen) atoms. The minimum absolute atomic E-state index is 0.0137. The molecule has 0 spiro atoms. The predicted octanol–water partition coefficient (Wildman–Crippen LogP) is 2.71. The van der Waals surface area contributed by atoms with Crippen LogP contribution in [0.1, 0.15) is 6.92 Å². The van der Waals surface area contributed by atoms with E-state index in [2.05, 4.69) is 6.58 Å². The van der Waals surface area contributed by atoms with E-state index in [0.717, 1.165) is 16.5 Å².